The van der Waals surface area contributed by atoms with Crippen molar-refractivity contribution < 1.29 is 22.7 Å². The van der Waals surface area contributed by atoms with Gasteiger partial charge in [-0.3, -0.25) is 13.9 Å². The predicted molar refractivity (Wildman–Crippen MR) is 178 cm³/mol. The molecule has 10 heteroatoms. The molecule has 0 saturated heterocycles. The molecule has 0 saturated carbocycles. The number of hydrogen-bond acceptors (Lipinski definition) is 5. The van der Waals surface area contributed by atoms with Crippen molar-refractivity contribution in [1.82, 2.24) is 10.2 Å². The van der Waals surface area contributed by atoms with E-state index < -0.39 is 28.5 Å². The number of nitrogens with zero attached hydrogens (tertiary/aromatic N) is 2. The molecule has 0 aliphatic carbocycles. The number of ether oxygens (including phenoxy) is 1. The van der Waals surface area contributed by atoms with Crippen LogP contribution >= 0.6 is 11.6 Å². The predicted octanol–water partition coefficient (Wildman–Crippen LogP) is 6.10. The third-order valence-corrected chi connectivity index (χ3v) is 9.50. The van der Waals surface area contributed by atoms with E-state index in [1.54, 1.807) is 30.3 Å². The van der Waals surface area contributed by atoms with Crippen LogP contribution in [0.3, 0.4) is 0 Å². The Morgan fingerprint density at radius 3 is 2.02 bits per heavy atom. The van der Waals surface area contributed by atoms with Crippen LogP contribution < -0.4 is 14.4 Å². The number of carbonyl (C=O) groups is 2. The van der Waals surface area contributed by atoms with Crippen molar-refractivity contribution in [3.63, 3.8) is 0 Å². The lowest BCUT2D eigenvalue weighted by Crippen LogP contribution is -2.54. The number of halogens is 1. The first-order valence-corrected chi connectivity index (χ1v) is 16.5. The summed E-state index contributed by atoms with van der Waals surface area (Å²) in [5.41, 5.74) is 1.75. The summed E-state index contributed by atoms with van der Waals surface area (Å²) in [4.78, 5) is 29.9. The fourth-order valence-electron chi connectivity index (χ4n) is 4.87. The largest absolute Gasteiger partial charge is 0.495 e. The van der Waals surface area contributed by atoms with Crippen molar-refractivity contribution in [1.29, 1.82) is 0 Å². The van der Waals surface area contributed by atoms with Crippen LogP contribution in [0.15, 0.2) is 114 Å². The Morgan fingerprint density at radius 1 is 0.867 bits per heavy atom. The normalized spacial score (nSPS) is 12.5. The second-order valence-electron chi connectivity index (χ2n) is 10.7. The number of anilines is 1. The maximum atomic E-state index is 14.6. The molecule has 0 bridgehead atoms. The monoisotopic (exact) mass is 647 g/mol. The zero-order valence-electron chi connectivity index (χ0n) is 25.6. The highest BCUT2D eigenvalue weighted by molar-refractivity contribution is 7.92. The second-order valence-corrected chi connectivity index (χ2v) is 13.0. The number of sulfonamides is 1. The van der Waals surface area contributed by atoms with Gasteiger partial charge in [0.15, 0.2) is 0 Å². The zero-order chi connectivity index (χ0) is 32.4. The number of rotatable bonds is 14. The fourth-order valence-corrected chi connectivity index (χ4v) is 6.47. The molecule has 0 heterocycles. The number of hydrogen-bond donors (Lipinski definition) is 1. The lowest BCUT2D eigenvalue weighted by atomic mass is 10.0. The summed E-state index contributed by atoms with van der Waals surface area (Å²) in [6.45, 7) is 3.34. The molecule has 4 aromatic rings. The molecule has 1 N–H and O–H groups in total. The number of carbonyl (C=O) groups excluding carboxylic acids is 2. The minimum Gasteiger partial charge on any atom is -0.495 e. The van der Waals surface area contributed by atoms with Gasteiger partial charge < -0.3 is 15.0 Å². The Balaban J connectivity index is 1.83. The number of benzene rings is 4. The van der Waals surface area contributed by atoms with Crippen molar-refractivity contribution in [3.05, 3.63) is 125 Å². The van der Waals surface area contributed by atoms with Gasteiger partial charge in [0.25, 0.3) is 10.0 Å². The molecule has 0 aliphatic heterocycles. The molecule has 0 unspecified atom stereocenters. The average molecular weight is 648 g/mol. The van der Waals surface area contributed by atoms with Gasteiger partial charge >= 0.3 is 0 Å². The van der Waals surface area contributed by atoms with Gasteiger partial charge in [0, 0.05) is 24.0 Å². The summed E-state index contributed by atoms with van der Waals surface area (Å²) in [5, 5.41) is 3.30. The first-order valence-electron chi connectivity index (χ1n) is 14.7. The summed E-state index contributed by atoms with van der Waals surface area (Å²) in [6, 6.07) is 30.1. The van der Waals surface area contributed by atoms with Crippen molar-refractivity contribution >= 4 is 39.1 Å². The van der Waals surface area contributed by atoms with Gasteiger partial charge in [-0.05, 0) is 54.8 Å². The maximum absolute atomic E-state index is 14.6. The van der Waals surface area contributed by atoms with E-state index in [1.807, 2.05) is 74.5 Å². The molecule has 0 fully saturated rings. The molecule has 4 rings (SSSR count). The molecule has 0 aliphatic rings. The maximum Gasteiger partial charge on any atom is 0.264 e. The molecule has 0 aromatic heterocycles. The molecule has 236 valence electrons. The lowest BCUT2D eigenvalue weighted by molar-refractivity contribution is -0.140. The van der Waals surface area contributed by atoms with E-state index in [-0.39, 0.29) is 46.3 Å². The highest BCUT2D eigenvalue weighted by atomic mass is 35.5. The Bertz CT molecular complexity index is 1670. The Morgan fingerprint density at radius 2 is 1.44 bits per heavy atom. The molecule has 0 spiro atoms. The van der Waals surface area contributed by atoms with Crippen LogP contribution in [0, 0.1) is 0 Å². The molecule has 2 amide bonds. The zero-order valence-corrected chi connectivity index (χ0v) is 27.2. The van der Waals surface area contributed by atoms with Crippen LogP contribution in [0.2, 0.25) is 5.02 Å². The summed E-state index contributed by atoms with van der Waals surface area (Å²) in [6.07, 6.45) is 0.932. The minimum atomic E-state index is -4.29. The summed E-state index contributed by atoms with van der Waals surface area (Å²) in [5.74, 6) is -0.674. The second kappa shape index (κ2) is 15.6. The first-order chi connectivity index (χ1) is 21.6. The van der Waals surface area contributed by atoms with Crippen LogP contribution in [0.25, 0.3) is 0 Å². The van der Waals surface area contributed by atoms with Gasteiger partial charge in [-0.1, -0.05) is 97.4 Å². The quantitative estimate of drug-likeness (QED) is 0.179. The third-order valence-electron chi connectivity index (χ3n) is 7.49. The molecule has 2 atom stereocenters. The van der Waals surface area contributed by atoms with Crippen LogP contribution in [0.4, 0.5) is 5.69 Å². The van der Waals surface area contributed by atoms with Crippen molar-refractivity contribution in [2.75, 3.05) is 18.0 Å². The van der Waals surface area contributed by atoms with Gasteiger partial charge in [-0.2, -0.15) is 0 Å². The highest BCUT2D eigenvalue weighted by Crippen LogP contribution is 2.35. The van der Waals surface area contributed by atoms with Gasteiger partial charge in [-0.15, -0.1) is 0 Å². The molecular weight excluding hydrogens is 610 g/mol. The summed E-state index contributed by atoms with van der Waals surface area (Å²) < 4.78 is 34.9. The van der Waals surface area contributed by atoms with Gasteiger partial charge in [-0.25, -0.2) is 8.42 Å². The van der Waals surface area contributed by atoms with E-state index in [0.717, 1.165) is 15.4 Å². The number of nitrogens with one attached hydrogen (secondary N) is 1. The molecule has 8 nitrogen and oxygen atoms in total. The molecule has 4 aromatic carbocycles. The number of methoxy groups -OCH3 is 1. The molecule has 45 heavy (non-hydrogen) atoms. The van der Waals surface area contributed by atoms with Crippen molar-refractivity contribution in [2.45, 2.75) is 50.2 Å². The highest BCUT2D eigenvalue weighted by Gasteiger charge is 2.36. The van der Waals surface area contributed by atoms with Crippen molar-refractivity contribution in [3.8, 4) is 5.75 Å². The Hall–Kier alpha value is -4.34. The van der Waals surface area contributed by atoms with E-state index in [4.69, 9.17) is 16.3 Å². The molecule has 0 radical (unpaired) electrons. The van der Waals surface area contributed by atoms with E-state index >= 15 is 0 Å². The van der Waals surface area contributed by atoms with E-state index in [1.165, 1.54) is 30.2 Å². The van der Waals surface area contributed by atoms with Crippen LogP contribution in [0.5, 0.6) is 5.75 Å². The molecular formula is C35H38ClN3O5S. The van der Waals surface area contributed by atoms with Crippen molar-refractivity contribution in [2.24, 2.45) is 0 Å². The van der Waals surface area contributed by atoms with E-state index in [9.17, 15) is 18.0 Å². The SMILES string of the molecule is CC[C@@H](C)NC(=O)[C@H](Cc1ccccc1)N(Cc1ccccc1)C(=O)CN(c1cc(Cl)ccc1OC)S(=O)(=O)c1ccccc1. The summed E-state index contributed by atoms with van der Waals surface area (Å²) >= 11 is 6.34. The van der Waals surface area contributed by atoms with Crippen LogP contribution in [-0.2, 0) is 32.6 Å². The first kappa shape index (κ1) is 33.6. The standard InChI is InChI=1S/C35H38ClN3O5S/c1-4-26(2)37-35(41)32(22-27-14-8-5-9-15-27)38(24-28-16-10-6-11-17-28)34(40)25-39(31-23-29(36)20-21-33(31)44-3)45(42,43)30-18-12-7-13-19-30/h5-21,23,26,32H,4,22,24-25H2,1-3H3,(H,37,41)/t26-,32+/m1/s1. The van der Waals surface area contributed by atoms with E-state index in [2.05, 4.69) is 5.32 Å². The van der Waals surface area contributed by atoms with Crippen LogP contribution in [0.1, 0.15) is 31.4 Å². The lowest BCUT2D eigenvalue weighted by Gasteiger charge is -2.34. The third kappa shape index (κ3) is 8.65. The minimum absolute atomic E-state index is 0.00946. The number of amides is 2. The van der Waals surface area contributed by atoms with Gasteiger partial charge in [0.2, 0.25) is 11.8 Å². The van der Waals surface area contributed by atoms with Crippen LogP contribution in [-0.4, -0.2) is 50.9 Å². The van der Waals surface area contributed by atoms with Gasteiger partial charge in [0.05, 0.1) is 17.7 Å². The smallest absolute Gasteiger partial charge is 0.264 e. The Kier molecular flexibility index (Phi) is 11.6. The van der Waals surface area contributed by atoms with Gasteiger partial charge in [0.1, 0.15) is 18.3 Å². The fraction of sp³-hybridized carbons (Fsp3) is 0.257. The average Bonchev–Trinajstić information content (AvgIpc) is 3.06. The van der Waals surface area contributed by atoms with E-state index in [0.29, 0.717) is 6.42 Å². The summed E-state index contributed by atoms with van der Waals surface area (Å²) in [7, 11) is -2.87. The topological polar surface area (TPSA) is 96.0 Å². The Labute approximate surface area is 270 Å².